The highest BCUT2D eigenvalue weighted by Gasteiger charge is 2.61. The van der Waals surface area contributed by atoms with Gasteiger partial charge in [0.15, 0.2) is 5.41 Å². The van der Waals surface area contributed by atoms with E-state index < -0.39 is 17.5 Å². The van der Waals surface area contributed by atoms with Crippen LogP contribution in [-0.4, -0.2) is 31.2 Å². The van der Waals surface area contributed by atoms with Crippen LogP contribution in [0.4, 0.5) is 13.2 Å². The Hall–Kier alpha value is -1.56. The third kappa shape index (κ3) is 3.37. The fraction of sp³-hybridized carbons (Fsp3) is 0.533. The number of hydrogen-bond acceptors (Lipinski definition) is 2. The number of carbonyl (C=O) groups excluding carboxylic acids is 1. The Bertz CT molecular complexity index is 481. The predicted molar refractivity (Wildman–Crippen MR) is 73.7 cm³/mol. The molecule has 0 bridgehead atoms. The van der Waals surface area contributed by atoms with Crippen LogP contribution in [0.3, 0.4) is 0 Å². The van der Waals surface area contributed by atoms with Gasteiger partial charge in [-0.15, -0.1) is 0 Å². The van der Waals surface area contributed by atoms with Crippen molar-refractivity contribution in [2.75, 3.05) is 13.1 Å². The van der Waals surface area contributed by atoms with Gasteiger partial charge in [-0.2, -0.15) is 13.2 Å². The molecule has 1 heterocycles. The highest BCUT2D eigenvalue weighted by Crippen LogP contribution is 2.43. The molecule has 0 aromatic heterocycles. The second-order valence-corrected chi connectivity index (χ2v) is 5.57. The molecule has 21 heavy (non-hydrogen) atoms. The van der Waals surface area contributed by atoms with Crippen molar-refractivity contribution >= 4 is 5.91 Å². The van der Waals surface area contributed by atoms with Gasteiger partial charge in [-0.1, -0.05) is 30.3 Å². The molecule has 0 radical (unpaired) electrons. The van der Waals surface area contributed by atoms with E-state index in [4.69, 9.17) is 0 Å². The van der Waals surface area contributed by atoms with Crippen molar-refractivity contribution < 1.29 is 18.0 Å². The molecule has 3 nitrogen and oxygen atoms in total. The zero-order chi connectivity index (χ0) is 15.5. The minimum atomic E-state index is -4.53. The van der Waals surface area contributed by atoms with Crippen LogP contribution in [0.5, 0.6) is 0 Å². The third-order valence-corrected chi connectivity index (χ3v) is 3.89. The molecule has 1 saturated heterocycles. The molecule has 2 unspecified atom stereocenters. The average Bonchev–Trinajstić information content (AvgIpc) is 2.89. The number of amides is 1. The van der Waals surface area contributed by atoms with Crippen molar-refractivity contribution in [2.24, 2.45) is 5.41 Å². The molecular weight excluding hydrogens is 281 g/mol. The van der Waals surface area contributed by atoms with Gasteiger partial charge in [0.1, 0.15) is 0 Å². The standard InChI is InChI=1S/C15H19F3N2O/c1-11(9-12-5-3-2-4-6-12)20-13(21)14(15(16,17)18)7-8-19-10-14/h2-6,11,19H,7-10H2,1H3,(H,20,21). The summed E-state index contributed by atoms with van der Waals surface area (Å²) in [5.74, 6) is -0.927. The fourth-order valence-electron chi connectivity index (χ4n) is 2.64. The number of hydrogen-bond donors (Lipinski definition) is 2. The van der Waals surface area contributed by atoms with Crippen LogP contribution in [-0.2, 0) is 11.2 Å². The van der Waals surface area contributed by atoms with E-state index in [0.29, 0.717) is 6.42 Å². The highest BCUT2D eigenvalue weighted by atomic mass is 19.4. The lowest BCUT2D eigenvalue weighted by Gasteiger charge is -2.30. The van der Waals surface area contributed by atoms with E-state index in [2.05, 4.69) is 10.6 Å². The van der Waals surface area contributed by atoms with Gasteiger partial charge in [0, 0.05) is 12.6 Å². The number of halogens is 3. The monoisotopic (exact) mass is 300 g/mol. The summed E-state index contributed by atoms with van der Waals surface area (Å²) in [5.41, 5.74) is -1.31. The molecular formula is C15H19F3N2O. The maximum absolute atomic E-state index is 13.2. The summed E-state index contributed by atoms with van der Waals surface area (Å²) in [6.45, 7) is 1.58. The van der Waals surface area contributed by atoms with E-state index >= 15 is 0 Å². The molecule has 116 valence electrons. The van der Waals surface area contributed by atoms with Gasteiger partial charge in [0.25, 0.3) is 0 Å². The Morgan fingerprint density at radius 1 is 1.38 bits per heavy atom. The number of alkyl halides is 3. The molecule has 2 rings (SSSR count). The van der Waals surface area contributed by atoms with Crippen molar-refractivity contribution in [3.8, 4) is 0 Å². The number of benzene rings is 1. The lowest BCUT2D eigenvalue weighted by atomic mass is 9.85. The second-order valence-electron chi connectivity index (χ2n) is 5.57. The van der Waals surface area contributed by atoms with Crippen LogP contribution in [0.15, 0.2) is 30.3 Å². The van der Waals surface area contributed by atoms with Gasteiger partial charge in [-0.3, -0.25) is 4.79 Å². The second kappa shape index (κ2) is 6.05. The first-order valence-corrected chi connectivity index (χ1v) is 6.97. The van der Waals surface area contributed by atoms with Crippen molar-refractivity contribution in [1.82, 2.24) is 10.6 Å². The van der Waals surface area contributed by atoms with Crippen LogP contribution < -0.4 is 10.6 Å². The number of rotatable bonds is 4. The van der Waals surface area contributed by atoms with Crippen LogP contribution >= 0.6 is 0 Å². The van der Waals surface area contributed by atoms with Gasteiger partial charge in [0.05, 0.1) is 0 Å². The predicted octanol–water partition coefficient (Wildman–Crippen LogP) is 2.28. The molecule has 1 amide bonds. The summed E-state index contributed by atoms with van der Waals surface area (Å²) in [7, 11) is 0. The average molecular weight is 300 g/mol. The maximum atomic E-state index is 13.2. The Kier molecular flexibility index (Phi) is 4.56. The van der Waals surface area contributed by atoms with E-state index in [0.717, 1.165) is 5.56 Å². The van der Waals surface area contributed by atoms with Crippen molar-refractivity contribution in [3.05, 3.63) is 35.9 Å². The Morgan fingerprint density at radius 2 is 2.05 bits per heavy atom. The van der Waals surface area contributed by atoms with Crippen LogP contribution in [0.2, 0.25) is 0 Å². The maximum Gasteiger partial charge on any atom is 0.404 e. The summed E-state index contributed by atoms with van der Waals surface area (Å²) < 4.78 is 39.7. The van der Waals surface area contributed by atoms with Crippen LogP contribution in [0.25, 0.3) is 0 Å². The third-order valence-electron chi connectivity index (χ3n) is 3.89. The SMILES string of the molecule is CC(Cc1ccccc1)NC(=O)C1(C(F)(F)F)CCNC1. The minimum Gasteiger partial charge on any atom is -0.352 e. The Labute approximate surface area is 121 Å². The molecule has 0 aliphatic carbocycles. The number of nitrogens with one attached hydrogen (secondary N) is 2. The zero-order valence-corrected chi connectivity index (χ0v) is 11.8. The normalized spacial score (nSPS) is 23.8. The van der Waals surface area contributed by atoms with E-state index in [1.165, 1.54) is 0 Å². The quantitative estimate of drug-likeness (QED) is 0.895. The Balaban J connectivity index is 2.02. The van der Waals surface area contributed by atoms with Gasteiger partial charge >= 0.3 is 6.18 Å². The van der Waals surface area contributed by atoms with E-state index in [9.17, 15) is 18.0 Å². The smallest absolute Gasteiger partial charge is 0.352 e. The summed E-state index contributed by atoms with van der Waals surface area (Å²) in [6, 6.07) is 9.03. The van der Waals surface area contributed by atoms with E-state index in [1.54, 1.807) is 6.92 Å². The van der Waals surface area contributed by atoms with Gasteiger partial charge in [-0.25, -0.2) is 0 Å². The van der Waals surface area contributed by atoms with E-state index in [1.807, 2.05) is 30.3 Å². The first kappa shape index (κ1) is 15.8. The summed E-state index contributed by atoms with van der Waals surface area (Å²) >= 11 is 0. The highest BCUT2D eigenvalue weighted by molar-refractivity contribution is 5.84. The molecule has 1 fully saturated rings. The first-order chi connectivity index (χ1) is 9.85. The first-order valence-electron chi connectivity index (χ1n) is 6.97. The molecule has 0 saturated carbocycles. The van der Waals surface area contributed by atoms with Gasteiger partial charge in [0.2, 0.25) is 5.91 Å². The zero-order valence-electron chi connectivity index (χ0n) is 11.8. The topological polar surface area (TPSA) is 41.1 Å². The molecule has 1 aromatic rings. The fourth-order valence-corrected chi connectivity index (χ4v) is 2.64. The van der Waals surface area contributed by atoms with E-state index in [-0.39, 0.29) is 25.6 Å². The number of carbonyl (C=O) groups is 1. The minimum absolute atomic E-state index is 0.208. The molecule has 0 spiro atoms. The molecule has 1 aliphatic heterocycles. The van der Waals surface area contributed by atoms with Gasteiger partial charge < -0.3 is 10.6 Å². The molecule has 2 atom stereocenters. The lowest BCUT2D eigenvalue weighted by Crippen LogP contribution is -2.54. The molecule has 1 aromatic carbocycles. The molecule has 2 N–H and O–H groups in total. The largest absolute Gasteiger partial charge is 0.404 e. The van der Waals surface area contributed by atoms with Crippen LogP contribution in [0.1, 0.15) is 18.9 Å². The van der Waals surface area contributed by atoms with Gasteiger partial charge in [-0.05, 0) is 31.9 Å². The van der Waals surface area contributed by atoms with Crippen molar-refractivity contribution in [3.63, 3.8) is 0 Å². The van der Waals surface area contributed by atoms with Crippen molar-refractivity contribution in [1.29, 1.82) is 0 Å². The Morgan fingerprint density at radius 3 is 2.57 bits per heavy atom. The van der Waals surface area contributed by atoms with Crippen molar-refractivity contribution in [2.45, 2.75) is 32.0 Å². The summed E-state index contributed by atoms with van der Waals surface area (Å²) in [6.07, 6.45) is -4.23. The van der Waals surface area contributed by atoms with Crippen LogP contribution in [0, 0.1) is 5.41 Å². The molecule has 6 heteroatoms. The summed E-state index contributed by atoms with van der Waals surface area (Å²) in [4.78, 5) is 12.1. The lowest BCUT2D eigenvalue weighted by molar-refractivity contribution is -0.216. The summed E-state index contributed by atoms with van der Waals surface area (Å²) in [5, 5.41) is 5.16. The molecule has 1 aliphatic rings.